The van der Waals surface area contributed by atoms with Gasteiger partial charge in [-0.05, 0) is 48.8 Å². The summed E-state index contributed by atoms with van der Waals surface area (Å²) in [5.41, 5.74) is 0.285. The highest BCUT2D eigenvalue weighted by atomic mass is 32.2. The van der Waals surface area contributed by atoms with Crippen molar-refractivity contribution >= 4 is 22.0 Å². The van der Waals surface area contributed by atoms with Gasteiger partial charge in [0.25, 0.3) is 0 Å². The van der Waals surface area contributed by atoms with Gasteiger partial charge in [0.1, 0.15) is 12.7 Å². The molecule has 0 aromatic heterocycles. The van der Waals surface area contributed by atoms with E-state index in [0.717, 1.165) is 5.56 Å². The van der Waals surface area contributed by atoms with Crippen molar-refractivity contribution in [3.63, 3.8) is 0 Å². The van der Waals surface area contributed by atoms with E-state index in [1.165, 1.54) is 22.5 Å². The molecule has 0 bridgehead atoms. The summed E-state index contributed by atoms with van der Waals surface area (Å²) in [5.74, 6) is 0.222. The number of aliphatic hydroxyl groups is 2. The molecule has 15 heteroatoms. The number of carbonyl (C=O) groups is 2. The van der Waals surface area contributed by atoms with Crippen molar-refractivity contribution in [3.8, 4) is 11.5 Å². The smallest absolute Gasteiger partial charge is 0.407 e. The second kappa shape index (κ2) is 16.5. The van der Waals surface area contributed by atoms with Crippen molar-refractivity contribution in [2.75, 3.05) is 46.2 Å². The molecule has 0 radical (unpaired) electrons. The van der Waals surface area contributed by atoms with Crippen molar-refractivity contribution in [2.45, 2.75) is 75.4 Å². The van der Waals surface area contributed by atoms with Gasteiger partial charge in [0.2, 0.25) is 22.7 Å². The average molecular weight is 706 g/mol. The zero-order chi connectivity index (χ0) is 35.0. The second-order valence-corrected chi connectivity index (χ2v) is 15.4. The van der Waals surface area contributed by atoms with Gasteiger partial charge < -0.3 is 44.5 Å². The highest BCUT2D eigenvalue weighted by Gasteiger charge is 2.44. The predicted molar refractivity (Wildman–Crippen MR) is 176 cm³/mol. The Morgan fingerprint density at radius 3 is 2.63 bits per heavy atom. The SMILES string of the molecule is CC(C)(CCCCNC(=O)CO)CN(CC(O)C(Cc1ccccc1)NC(=O)OC1COC2OCCC12)S(=O)(=O)c1ccc2c(c1)OCO2. The molecule has 0 spiro atoms. The van der Waals surface area contributed by atoms with Crippen molar-refractivity contribution < 1.29 is 51.9 Å². The number of aliphatic hydroxyl groups excluding tert-OH is 2. The molecule has 49 heavy (non-hydrogen) atoms. The predicted octanol–water partition coefficient (Wildman–Crippen LogP) is 2.17. The number of rotatable bonds is 17. The Morgan fingerprint density at radius 1 is 1.08 bits per heavy atom. The van der Waals surface area contributed by atoms with Crippen LogP contribution in [0.5, 0.6) is 11.5 Å². The summed E-state index contributed by atoms with van der Waals surface area (Å²) in [7, 11) is -4.19. The van der Waals surface area contributed by atoms with Crippen molar-refractivity contribution in [1.82, 2.24) is 14.9 Å². The lowest BCUT2D eigenvalue weighted by atomic mass is 9.87. The Labute approximate surface area is 287 Å². The first-order chi connectivity index (χ1) is 23.4. The van der Waals surface area contributed by atoms with Gasteiger partial charge in [0.05, 0.1) is 36.2 Å². The molecule has 2 amide bonds. The van der Waals surface area contributed by atoms with E-state index in [9.17, 15) is 23.1 Å². The first-order valence-corrected chi connectivity index (χ1v) is 18.1. The average Bonchev–Trinajstić information content (AvgIpc) is 3.83. The summed E-state index contributed by atoms with van der Waals surface area (Å²) in [4.78, 5) is 24.6. The van der Waals surface area contributed by atoms with E-state index in [4.69, 9.17) is 28.8 Å². The number of nitrogens with zero attached hydrogens (tertiary/aromatic N) is 1. The number of amides is 2. The number of carbonyl (C=O) groups excluding carboxylic acids is 2. The van der Waals surface area contributed by atoms with Crippen LogP contribution in [-0.2, 0) is 35.4 Å². The van der Waals surface area contributed by atoms with Gasteiger partial charge in [0.15, 0.2) is 17.8 Å². The number of hydrogen-bond acceptors (Lipinski definition) is 11. The van der Waals surface area contributed by atoms with E-state index in [1.54, 1.807) is 0 Å². The Morgan fingerprint density at radius 2 is 1.86 bits per heavy atom. The molecule has 4 N–H and O–H groups in total. The topological polar surface area (TPSA) is 182 Å². The molecule has 2 aromatic rings. The van der Waals surface area contributed by atoms with Crippen LogP contribution in [0.1, 0.15) is 45.1 Å². The number of nitrogens with one attached hydrogen (secondary N) is 2. The Balaban J connectivity index is 1.34. The fraction of sp³-hybridized carbons (Fsp3) is 0.588. The van der Waals surface area contributed by atoms with Crippen molar-refractivity contribution in [1.29, 1.82) is 0 Å². The normalized spacial score (nSPS) is 21.3. The maximum Gasteiger partial charge on any atom is 0.407 e. The standard InChI is InChI=1S/C34H47N3O11S/c1-34(2,13-6-7-14-35-31(40)19-38)21-37(49(42,43)24-10-11-28-29(17-24)47-22-46-28)18-27(39)26(16-23-8-4-3-5-9-23)36-33(41)48-30-20-45-32-25(30)12-15-44-32/h3-5,8-11,17,25-27,30,32,38-39H,6-7,12-16,18-22H2,1-2H3,(H,35,40)(H,36,41). The lowest BCUT2D eigenvalue weighted by Crippen LogP contribution is -2.52. The highest BCUT2D eigenvalue weighted by Crippen LogP contribution is 2.36. The summed E-state index contributed by atoms with van der Waals surface area (Å²) in [6.07, 6.45) is -0.114. The van der Waals surface area contributed by atoms with Gasteiger partial charge >= 0.3 is 6.09 Å². The Kier molecular flexibility index (Phi) is 12.4. The van der Waals surface area contributed by atoms with E-state index in [1.807, 2.05) is 44.2 Å². The van der Waals surface area contributed by atoms with Crippen LogP contribution in [0.15, 0.2) is 53.4 Å². The number of fused-ring (bicyclic) bond motifs is 2. The number of alkyl carbamates (subject to hydrolysis) is 1. The monoisotopic (exact) mass is 705 g/mol. The third-order valence-corrected chi connectivity index (χ3v) is 10.8. The van der Waals surface area contributed by atoms with Gasteiger partial charge in [0, 0.05) is 25.7 Å². The molecule has 2 fully saturated rings. The first kappa shape index (κ1) is 36.8. The molecule has 270 valence electrons. The molecule has 0 aliphatic carbocycles. The van der Waals surface area contributed by atoms with Gasteiger partial charge in [-0.15, -0.1) is 0 Å². The van der Waals surface area contributed by atoms with E-state index < -0.39 is 58.6 Å². The maximum atomic E-state index is 14.3. The summed E-state index contributed by atoms with van der Waals surface area (Å²) in [6, 6.07) is 12.8. The van der Waals surface area contributed by atoms with Gasteiger partial charge in [-0.3, -0.25) is 4.79 Å². The zero-order valence-electron chi connectivity index (χ0n) is 27.9. The molecule has 14 nitrogen and oxygen atoms in total. The lowest BCUT2D eigenvalue weighted by Gasteiger charge is -2.35. The molecule has 2 saturated heterocycles. The van der Waals surface area contributed by atoms with Crippen LogP contribution in [0.25, 0.3) is 0 Å². The molecule has 5 atom stereocenters. The summed E-state index contributed by atoms with van der Waals surface area (Å²) >= 11 is 0. The van der Waals surface area contributed by atoms with Crippen molar-refractivity contribution in [2.24, 2.45) is 11.3 Å². The Hall–Kier alpha value is -3.47. The summed E-state index contributed by atoms with van der Waals surface area (Å²) in [5, 5.41) is 26.1. The minimum atomic E-state index is -4.19. The van der Waals surface area contributed by atoms with Crippen LogP contribution in [-0.4, -0.2) is 106 Å². The molecule has 5 unspecified atom stereocenters. The molecule has 2 aromatic carbocycles. The van der Waals surface area contributed by atoms with E-state index in [-0.39, 0.29) is 43.7 Å². The van der Waals surface area contributed by atoms with Gasteiger partial charge in [-0.1, -0.05) is 50.6 Å². The number of unbranched alkanes of at least 4 members (excludes halogenated alkanes) is 1. The van der Waals surface area contributed by atoms with E-state index >= 15 is 0 Å². The minimum absolute atomic E-state index is 0.0165. The molecule has 3 aliphatic heterocycles. The third-order valence-electron chi connectivity index (χ3n) is 9.03. The van der Waals surface area contributed by atoms with Crippen LogP contribution in [0.3, 0.4) is 0 Å². The molecular formula is C34H47N3O11S. The molecule has 0 saturated carbocycles. The third kappa shape index (κ3) is 9.83. The fourth-order valence-electron chi connectivity index (χ4n) is 6.36. The number of ether oxygens (including phenoxy) is 5. The van der Waals surface area contributed by atoms with Crippen LogP contribution in [0.4, 0.5) is 4.79 Å². The number of benzene rings is 2. The maximum absolute atomic E-state index is 14.3. The summed E-state index contributed by atoms with van der Waals surface area (Å²) < 4.78 is 57.5. The summed E-state index contributed by atoms with van der Waals surface area (Å²) in [6.45, 7) is 4.13. The van der Waals surface area contributed by atoms with Gasteiger partial charge in [-0.2, -0.15) is 4.31 Å². The van der Waals surface area contributed by atoms with Crippen LogP contribution >= 0.6 is 0 Å². The lowest BCUT2D eigenvalue weighted by molar-refractivity contribution is -0.123. The number of sulfonamides is 1. The number of hydrogen-bond donors (Lipinski definition) is 4. The fourth-order valence-corrected chi connectivity index (χ4v) is 8.02. The van der Waals surface area contributed by atoms with Crippen LogP contribution in [0.2, 0.25) is 0 Å². The molecule has 3 heterocycles. The highest BCUT2D eigenvalue weighted by molar-refractivity contribution is 7.89. The van der Waals surface area contributed by atoms with Gasteiger partial charge in [-0.25, -0.2) is 13.2 Å². The molecule has 3 aliphatic rings. The van der Waals surface area contributed by atoms with E-state index in [2.05, 4.69) is 10.6 Å². The second-order valence-electron chi connectivity index (χ2n) is 13.4. The quantitative estimate of drug-likeness (QED) is 0.177. The zero-order valence-corrected chi connectivity index (χ0v) is 28.7. The Bertz CT molecular complexity index is 1520. The van der Waals surface area contributed by atoms with E-state index in [0.29, 0.717) is 50.3 Å². The largest absolute Gasteiger partial charge is 0.454 e. The van der Waals surface area contributed by atoms with Crippen molar-refractivity contribution in [3.05, 3.63) is 54.1 Å². The minimum Gasteiger partial charge on any atom is -0.454 e. The molecular weight excluding hydrogens is 658 g/mol. The van der Waals surface area contributed by atoms with Crippen LogP contribution in [0, 0.1) is 11.3 Å². The van der Waals surface area contributed by atoms with Crippen LogP contribution < -0.4 is 20.1 Å². The molecule has 5 rings (SSSR count). The first-order valence-electron chi connectivity index (χ1n) is 16.6.